The Hall–Kier alpha value is -4.02. The van der Waals surface area contributed by atoms with Crippen LogP contribution in [0.5, 0.6) is 0 Å². The number of aromatic amines is 1. The highest BCUT2D eigenvalue weighted by Gasteiger charge is 2.15. The van der Waals surface area contributed by atoms with Crippen molar-refractivity contribution in [3.63, 3.8) is 0 Å². The lowest BCUT2D eigenvalue weighted by atomic mass is 10.2. The van der Waals surface area contributed by atoms with Crippen molar-refractivity contribution in [2.75, 3.05) is 43.5 Å². The predicted molar refractivity (Wildman–Crippen MR) is 130 cm³/mol. The number of hydrogen-bond donors (Lipinski definition) is 3. The third kappa shape index (κ3) is 4.82. The van der Waals surface area contributed by atoms with Crippen molar-refractivity contribution >= 4 is 34.3 Å². The smallest absolute Gasteiger partial charge is 0.294 e. The van der Waals surface area contributed by atoms with E-state index in [1.54, 1.807) is 41.1 Å². The number of nitrogens with one attached hydrogen (secondary N) is 3. The first-order valence-electron chi connectivity index (χ1n) is 11.1. The summed E-state index contributed by atoms with van der Waals surface area (Å²) < 4.78 is 7.19. The van der Waals surface area contributed by atoms with E-state index < -0.39 is 0 Å². The van der Waals surface area contributed by atoms with Gasteiger partial charge >= 0.3 is 0 Å². The third-order valence-electron chi connectivity index (χ3n) is 5.75. The molecule has 1 saturated heterocycles. The van der Waals surface area contributed by atoms with Crippen LogP contribution in [-0.2, 0) is 11.3 Å². The van der Waals surface area contributed by atoms with Crippen LogP contribution in [0.25, 0.3) is 11.0 Å². The molecule has 0 radical (unpaired) electrons. The highest BCUT2D eigenvalue weighted by Crippen LogP contribution is 2.17. The Morgan fingerprint density at radius 1 is 1.03 bits per heavy atom. The number of morpholine rings is 1. The van der Waals surface area contributed by atoms with Crippen molar-refractivity contribution < 1.29 is 9.53 Å². The molecule has 0 spiro atoms. The van der Waals surface area contributed by atoms with Crippen LogP contribution in [0.4, 0.5) is 17.3 Å². The van der Waals surface area contributed by atoms with E-state index in [2.05, 4.69) is 30.7 Å². The molecule has 34 heavy (non-hydrogen) atoms. The molecule has 10 heteroatoms. The number of H-pyrrole nitrogens is 1. The van der Waals surface area contributed by atoms with Crippen LogP contribution in [0, 0.1) is 0 Å². The summed E-state index contributed by atoms with van der Waals surface area (Å²) in [5, 5.41) is 12.4. The van der Waals surface area contributed by atoms with E-state index in [0.717, 1.165) is 30.7 Å². The van der Waals surface area contributed by atoms with Crippen LogP contribution in [0.1, 0.15) is 10.4 Å². The van der Waals surface area contributed by atoms with Gasteiger partial charge in [-0.1, -0.05) is 12.1 Å². The monoisotopic (exact) mass is 459 g/mol. The number of para-hydroxylation sites is 2. The van der Waals surface area contributed by atoms with Gasteiger partial charge in [-0.2, -0.15) is 5.10 Å². The van der Waals surface area contributed by atoms with Gasteiger partial charge in [0.25, 0.3) is 11.5 Å². The summed E-state index contributed by atoms with van der Waals surface area (Å²) in [6.07, 6.45) is 1.56. The van der Waals surface area contributed by atoms with Crippen molar-refractivity contribution in [2.24, 2.45) is 0 Å². The zero-order valence-electron chi connectivity index (χ0n) is 18.5. The number of ether oxygens (including phenoxy) is 1. The Morgan fingerprint density at radius 2 is 1.82 bits per heavy atom. The number of rotatable bonds is 7. The molecule has 5 rings (SSSR count). The Kier molecular flexibility index (Phi) is 6.32. The number of carbonyl (C=O) groups excluding carboxylic acids is 1. The third-order valence-corrected chi connectivity index (χ3v) is 5.75. The molecule has 0 unspecified atom stereocenters. The van der Waals surface area contributed by atoms with E-state index in [-0.39, 0.29) is 17.3 Å². The molecule has 1 fully saturated rings. The van der Waals surface area contributed by atoms with Gasteiger partial charge in [-0.25, -0.2) is 4.98 Å². The fourth-order valence-corrected chi connectivity index (χ4v) is 3.92. The summed E-state index contributed by atoms with van der Waals surface area (Å²) in [7, 11) is 0. The Labute approximate surface area is 195 Å². The summed E-state index contributed by atoms with van der Waals surface area (Å²) in [5.74, 6) is 0.505. The first-order chi connectivity index (χ1) is 16.7. The van der Waals surface area contributed by atoms with Gasteiger partial charge in [0, 0.05) is 43.5 Å². The minimum atomic E-state index is -0.259. The molecule has 174 valence electrons. The molecule has 0 atom stereocenters. The predicted octanol–water partition coefficient (Wildman–Crippen LogP) is 2.45. The Bertz CT molecular complexity index is 1330. The van der Waals surface area contributed by atoms with Gasteiger partial charge in [0.1, 0.15) is 5.82 Å². The molecule has 2 aromatic carbocycles. The second-order valence-corrected chi connectivity index (χ2v) is 7.99. The van der Waals surface area contributed by atoms with Crippen molar-refractivity contribution in [1.82, 2.24) is 24.6 Å². The normalized spacial score (nSPS) is 14.2. The van der Waals surface area contributed by atoms with Gasteiger partial charge in [-0.3, -0.25) is 19.6 Å². The van der Waals surface area contributed by atoms with E-state index in [0.29, 0.717) is 36.8 Å². The van der Waals surface area contributed by atoms with Crippen molar-refractivity contribution in [3.8, 4) is 0 Å². The summed E-state index contributed by atoms with van der Waals surface area (Å²) in [6, 6.07) is 16.2. The van der Waals surface area contributed by atoms with E-state index in [4.69, 9.17) is 4.74 Å². The van der Waals surface area contributed by atoms with Crippen LogP contribution in [0.3, 0.4) is 0 Å². The minimum absolute atomic E-state index is 0.187. The Morgan fingerprint density at radius 3 is 2.59 bits per heavy atom. The molecule has 2 aromatic heterocycles. The standard InChI is InChI=1S/C24H25N7O3/c32-23(28-21-9-10-25-29-21)17-5-7-18(8-6-17)26-22-24(33)31(12-11-30-13-15-34-16-14-30)20-4-2-1-3-19(20)27-22/h1-10H,11-16H2,(H,26,27)(H2,25,28,29,32). The molecule has 1 aliphatic rings. The average Bonchev–Trinajstić information content (AvgIpc) is 3.38. The van der Waals surface area contributed by atoms with Crippen LogP contribution in [0.2, 0.25) is 0 Å². The highest BCUT2D eigenvalue weighted by atomic mass is 16.5. The molecular formula is C24H25N7O3. The zero-order chi connectivity index (χ0) is 23.3. The van der Waals surface area contributed by atoms with E-state index in [1.165, 1.54) is 0 Å². The van der Waals surface area contributed by atoms with Gasteiger partial charge in [-0.15, -0.1) is 0 Å². The van der Waals surface area contributed by atoms with Crippen molar-refractivity contribution in [1.29, 1.82) is 0 Å². The molecule has 1 amide bonds. The maximum absolute atomic E-state index is 13.3. The van der Waals surface area contributed by atoms with Crippen molar-refractivity contribution in [3.05, 3.63) is 76.7 Å². The maximum atomic E-state index is 13.3. The van der Waals surface area contributed by atoms with E-state index in [1.807, 2.05) is 24.3 Å². The number of aromatic nitrogens is 4. The fraction of sp³-hybridized carbons (Fsp3) is 0.250. The first kappa shape index (κ1) is 21.8. The summed E-state index contributed by atoms with van der Waals surface area (Å²) in [6.45, 7) is 4.48. The van der Waals surface area contributed by atoms with E-state index >= 15 is 0 Å². The number of anilines is 3. The summed E-state index contributed by atoms with van der Waals surface area (Å²) >= 11 is 0. The number of benzene rings is 2. The molecule has 4 aromatic rings. The summed E-state index contributed by atoms with van der Waals surface area (Å²) in [5.41, 5.74) is 2.50. The molecule has 0 aliphatic carbocycles. The van der Waals surface area contributed by atoms with Crippen LogP contribution in [0.15, 0.2) is 65.6 Å². The lowest BCUT2D eigenvalue weighted by molar-refractivity contribution is 0.0364. The van der Waals surface area contributed by atoms with Gasteiger partial charge in [-0.05, 0) is 36.4 Å². The molecule has 0 saturated carbocycles. The maximum Gasteiger partial charge on any atom is 0.294 e. The number of fused-ring (bicyclic) bond motifs is 1. The highest BCUT2D eigenvalue weighted by molar-refractivity contribution is 6.03. The topological polar surface area (TPSA) is 117 Å². The SMILES string of the molecule is O=C(Nc1ccn[nH]1)c1ccc(Nc2nc3ccccc3n(CCN3CCOCC3)c2=O)cc1. The van der Waals surface area contributed by atoms with Crippen LogP contribution < -0.4 is 16.2 Å². The van der Waals surface area contributed by atoms with Gasteiger partial charge < -0.3 is 19.9 Å². The molecule has 1 aliphatic heterocycles. The number of amides is 1. The zero-order valence-corrected chi connectivity index (χ0v) is 18.5. The quantitative estimate of drug-likeness (QED) is 0.389. The van der Waals surface area contributed by atoms with E-state index in [9.17, 15) is 9.59 Å². The Balaban J connectivity index is 1.36. The molecule has 10 nitrogen and oxygen atoms in total. The molecule has 0 bridgehead atoms. The fourth-order valence-electron chi connectivity index (χ4n) is 3.92. The number of carbonyl (C=O) groups is 1. The van der Waals surface area contributed by atoms with Crippen molar-refractivity contribution in [2.45, 2.75) is 6.54 Å². The van der Waals surface area contributed by atoms with Crippen LogP contribution >= 0.6 is 0 Å². The second-order valence-electron chi connectivity index (χ2n) is 7.99. The van der Waals surface area contributed by atoms with Gasteiger partial charge in [0.15, 0.2) is 5.82 Å². The average molecular weight is 460 g/mol. The van der Waals surface area contributed by atoms with Gasteiger partial charge in [0.05, 0.1) is 30.4 Å². The summed E-state index contributed by atoms with van der Waals surface area (Å²) in [4.78, 5) is 32.6. The molecule has 3 heterocycles. The lowest BCUT2D eigenvalue weighted by Crippen LogP contribution is -2.39. The lowest BCUT2D eigenvalue weighted by Gasteiger charge is -2.27. The molecule has 3 N–H and O–H groups in total. The minimum Gasteiger partial charge on any atom is -0.379 e. The number of nitrogens with zero attached hydrogens (tertiary/aromatic N) is 4. The van der Waals surface area contributed by atoms with Gasteiger partial charge in [0.2, 0.25) is 0 Å². The molecular weight excluding hydrogens is 434 g/mol. The number of hydrogen-bond acceptors (Lipinski definition) is 7. The van der Waals surface area contributed by atoms with Crippen LogP contribution in [-0.4, -0.2) is 63.4 Å². The second kappa shape index (κ2) is 9.86. The first-order valence-corrected chi connectivity index (χ1v) is 11.1. The largest absolute Gasteiger partial charge is 0.379 e.